The van der Waals surface area contributed by atoms with Gasteiger partial charge in [0.2, 0.25) is 0 Å². The van der Waals surface area contributed by atoms with Gasteiger partial charge in [0.25, 0.3) is 0 Å². The first-order valence-corrected chi connectivity index (χ1v) is 7.57. The van der Waals surface area contributed by atoms with Gasteiger partial charge in [-0.3, -0.25) is 0 Å². The Morgan fingerprint density at radius 1 is 1.29 bits per heavy atom. The van der Waals surface area contributed by atoms with Crippen LogP contribution in [-0.2, 0) is 0 Å². The molecule has 14 heavy (non-hydrogen) atoms. The van der Waals surface area contributed by atoms with E-state index in [1.54, 1.807) is 0 Å². The van der Waals surface area contributed by atoms with Crippen LogP contribution in [0.15, 0.2) is 41.5 Å². The third kappa shape index (κ3) is 1.64. The van der Waals surface area contributed by atoms with Crippen molar-refractivity contribution in [2.45, 2.75) is 20.0 Å². The second-order valence-electron chi connectivity index (χ2n) is 4.08. The molecule has 0 aromatic carbocycles. The summed E-state index contributed by atoms with van der Waals surface area (Å²) < 4.78 is 0. The Balaban J connectivity index is 2.48. The van der Waals surface area contributed by atoms with Crippen LogP contribution in [0.5, 0.6) is 0 Å². The molecule has 1 heteroatoms. The van der Waals surface area contributed by atoms with Gasteiger partial charge in [-0.1, -0.05) is 50.4 Å². The van der Waals surface area contributed by atoms with E-state index in [0.717, 1.165) is 0 Å². The van der Waals surface area contributed by atoms with Crippen LogP contribution >= 0.6 is 0 Å². The molecule has 0 fully saturated rings. The van der Waals surface area contributed by atoms with Crippen molar-refractivity contribution in [1.29, 1.82) is 0 Å². The lowest BCUT2D eigenvalue weighted by Gasteiger charge is -2.07. The quantitative estimate of drug-likeness (QED) is 0.526. The fourth-order valence-corrected chi connectivity index (χ4v) is 2.59. The Bertz CT molecular complexity index is 399. The van der Waals surface area contributed by atoms with Crippen LogP contribution in [0.4, 0.5) is 0 Å². The Labute approximate surface area is 87.6 Å². The summed E-state index contributed by atoms with van der Waals surface area (Å²) in [5.74, 6) is 0.534. The Morgan fingerprint density at radius 3 is 2.79 bits per heavy atom. The van der Waals surface area contributed by atoms with Crippen molar-refractivity contribution in [1.82, 2.24) is 0 Å². The van der Waals surface area contributed by atoms with Crippen LogP contribution in [0, 0.1) is 12.0 Å². The van der Waals surface area contributed by atoms with E-state index in [4.69, 9.17) is 0 Å². The summed E-state index contributed by atoms with van der Waals surface area (Å²) in [7, 11) is -0.354. The zero-order valence-corrected chi connectivity index (χ0v) is 9.96. The molecule has 0 spiro atoms. The molecular weight excluding hydrogens is 184 g/mol. The summed E-state index contributed by atoms with van der Waals surface area (Å²) in [5, 5.41) is 1.44. The third-order valence-corrected chi connectivity index (χ3v) is 4.03. The maximum absolute atomic E-state index is 3.52. The van der Waals surface area contributed by atoms with E-state index in [1.165, 1.54) is 16.3 Å². The smallest absolute Gasteiger partial charge is 0.0136 e. The largest absolute Gasteiger partial charge is 0.0773 e. The van der Waals surface area contributed by atoms with Crippen molar-refractivity contribution < 1.29 is 0 Å². The fourth-order valence-electron chi connectivity index (χ4n) is 1.76. The Morgan fingerprint density at radius 2 is 2.07 bits per heavy atom. The first kappa shape index (κ1) is 9.60. The summed E-state index contributed by atoms with van der Waals surface area (Å²) in [5.41, 5.74) is 2.74. The van der Waals surface area contributed by atoms with Gasteiger partial charge in [0.15, 0.2) is 0 Å². The van der Waals surface area contributed by atoms with E-state index in [-0.39, 0.29) is 8.41 Å². The second-order valence-corrected chi connectivity index (χ2v) is 6.62. The van der Waals surface area contributed by atoms with Crippen molar-refractivity contribution in [2.24, 2.45) is 5.92 Å². The molecule has 0 bridgehead atoms. The molecule has 0 nitrogen and oxygen atoms in total. The number of hydrogen-bond donors (Lipinski definition) is 0. The molecule has 0 amide bonds. The minimum absolute atomic E-state index is 0.354. The van der Waals surface area contributed by atoms with E-state index in [9.17, 15) is 0 Å². The minimum Gasteiger partial charge on any atom is -0.0773 e. The summed E-state index contributed by atoms with van der Waals surface area (Å²) in [4.78, 5) is 0. The maximum atomic E-state index is 3.52. The van der Waals surface area contributed by atoms with Crippen LogP contribution < -0.4 is 0 Å². The van der Waals surface area contributed by atoms with Gasteiger partial charge in [0.05, 0.1) is 0 Å². The molecule has 1 atom stereocenters. The molecule has 0 saturated carbocycles. The molecule has 0 saturated heterocycles. The predicted molar refractivity (Wildman–Crippen MR) is 64.8 cm³/mol. The van der Waals surface area contributed by atoms with Gasteiger partial charge in [-0.25, -0.2) is 0 Å². The minimum atomic E-state index is -0.354. The van der Waals surface area contributed by atoms with Crippen LogP contribution in [-0.4, -0.2) is 13.6 Å². The highest BCUT2D eigenvalue weighted by Crippen LogP contribution is 2.28. The second kappa shape index (κ2) is 3.66. The predicted octanol–water partition coefficient (Wildman–Crippen LogP) is 2.93. The van der Waals surface area contributed by atoms with Crippen molar-refractivity contribution in [3.8, 4) is 0 Å². The zero-order chi connectivity index (χ0) is 10.1. The molecule has 2 aliphatic carbocycles. The Kier molecular flexibility index (Phi) is 2.51. The first-order chi connectivity index (χ1) is 6.68. The zero-order valence-electron chi connectivity index (χ0n) is 8.96. The third-order valence-electron chi connectivity index (χ3n) is 2.68. The van der Waals surface area contributed by atoms with Gasteiger partial charge >= 0.3 is 0 Å². The number of rotatable bonds is 0. The molecule has 0 aromatic rings. The van der Waals surface area contributed by atoms with Gasteiger partial charge in [0.1, 0.15) is 0 Å². The van der Waals surface area contributed by atoms with Gasteiger partial charge in [0, 0.05) is 8.41 Å². The average molecular weight is 199 g/mol. The SMILES string of the molecule is CC1C=CC=CC2=[C]C(=[Si](C)C)C=C21. The topological polar surface area (TPSA) is 0 Å². The summed E-state index contributed by atoms with van der Waals surface area (Å²) in [6, 6.07) is 0. The lowest BCUT2D eigenvalue weighted by Crippen LogP contribution is -2.01. The molecule has 0 aromatic heterocycles. The van der Waals surface area contributed by atoms with Crippen LogP contribution in [0.25, 0.3) is 0 Å². The van der Waals surface area contributed by atoms with E-state index >= 15 is 0 Å². The average Bonchev–Trinajstić information content (AvgIpc) is 2.49. The van der Waals surface area contributed by atoms with E-state index in [1.807, 2.05) is 0 Å². The number of allylic oxidation sites excluding steroid dienone is 8. The maximum Gasteiger partial charge on any atom is 0.0136 e. The van der Waals surface area contributed by atoms with E-state index in [0.29, 0.717) is 5.92 Å². The molecule has 0 heterocycles. The van der Waals surface area contributed by atoms with Crippen molar-refractivity contribution >= 4 is 13.6 Å². The molecule has 1 unspecified atom stereocenters. The first-order valence-electron chi connectivity index (χ1n) is 5.07. The summed E-state index contributed by atoms with van der Waals surface area (Å²) in [6.07, 6.45) is 14.5. The highest BCUT2D eigenvalue weighted by Gasteiger charge is 2.17. The van der Waals surface area contributed by atoms with Crippen molar-refractivity contribution in [3.05, 3.63) is 47.6 Å². The molecule has 2 rings (SSSR count). The Hall–Kier alpha value is -0.953. The highest BCUT2D eigenvalue weighted by molar-refractivity contribution is 6.72. The van der Waals surface area contributed by atoms with Crippen molar-refractivity contribution in [2.75, 3.05) is 0 Å². The fraction of sp³-hybridized carbons (Fsp3) is 0.308. The number of hydrogen-bond acceptors (Lipinski definition) is 0. The van der Waals surface area contributed by atoms with E-state index in [2.05, 4.69) is 56.5 Å². The van der Waals surface area contributed by atoms with E-state index < -0.39 is 0 Å². The van der Waals surface area contributed by atoms with Gasteiger partial charge in [-0.2, -0.15) is 0 Å². The van der Waals surface area contributed by atoms with Crippen molar-refractivity contribution in [3.63, 3.8) is 0 Å². The molecule has 71 valence electrons. The normalized spacial score (nSPS) is 24.2. The monoisotopic (exact) mass is 199 g/mol. The molecule has 0 aliphatic heterocycles. The molecule has 1 radical (unpaired) electrons. The van der Waals surface area contributed by atoms with Crippen LogP contribution in [0.3, 0.4) is 0 Å². The molecule has 0 N–H and O–H groups in total. The lowest BCUT2D eigenvalue weighted by atomic mass is 9.98. The highest BCUT2D eigenvalue weighted by atomic mass is 28.2. The molecule has 2 aliphatic rings. The van der Waals surface area contributed by atoms with Crippen LogP contribution in [0.2, 0.25) is 13.1 Å². The summed E-state index contributed by atoms with van der Waals surface area (Å²) >= 11 is 0. The van der Waals surface area contributed by atoms with Gasteiger partial charge in [-0.15, -0.1) is 0 Å². The van der Waals surface area contributed by atoms with Gasteiger partial charge in [-0.05, 0) is 28.3 Å². The van der Waals surface area contributed by atoms with Crippen LogP contribution in [0.1, 0.15) is 6.92 Å². The van der Waals surface area contributed by atoms with Gasteiger partial charge < -0.3 is 0 Å². The lowest BCUT2D eigenvalue weighted by molar-refractivity contribution is 0.888. The standard InChI is InChI=1S/C13H15Si/c1-10-6-4-5-7-11-8-12(14(2)3)9-13(10)11/h4-7,9-10H,1-3H3. The molecular formula is C13H15Si. The summed E-state index contributed by atoms with van der Waals surface area (Å²) in [6.45, 7) is 6.89. The number of fused-ring (bicyclic) bond motifs is 1.